The standard InChI is InChI=1S/C14H19NO4/c1-8-6-12(19-3)10(7-11(8)18-2)13(14(16)17)15-9-4-5-9/h6-7,9,13,15H,4-5H2,1-3H3,(H,16,17). The predicted molar refractivity (Wildman–Crippen MR) is 70.8 cm³/mol. The second-order valence-electron chi connectivity index (χ2n) is 4.78. The van der Waals surface area contributed by atoms with Gasteiger partial charge in [0, 0.05) is 11.6 Å². The van der Waals surface area contributed by atoms with E-state index in [0.717, 1.165) is 18.4 Å². The topological polar surface area (TPSA) is 67.8 Å². The van der Waals surface area contributed by atoms with Crippen LogP contribution in [0, 0.1) is 6.92 Å². The average Bonchev–Trinajstić information content (AvgIpc) is 3.19. The molecule has 1 atom stereocenters. The molecule has 1 aromatic carbocycles. The lowest BCUT2D eigenvalue weighted by atomic mass is 10.0. The normalized spacial score (nSPS) is 15.9. The zero-order valence-corrected chi connectivity index (χ0v) is 11.4. The minimum atomic E-state index is -0.906. The van der Waals surface area contributed by atoms with E-state index in [9.17, 15) is 9.90 Å². The van der Waals surface area contributed by atoms with Gasteiger partial charge < -0.3 is 14.6 Å². The Kier molecular flexibility index (Phi) is 3.95. The first-order valence-electron chi connectivity index (χ1n) is 6.28. The summed E-state index contributed by atoms with van der Waals surface area (Å²) < 4.78 is 10.6. The quantitative estimate of drug-likeness (QED) is 0.822. The van der Waals surface area contributed by atoms with Crippen molar-refractivity contribution in [2.75, 3.05) is 14.2 Å². The van der Waals surface area contributed by atoms with Gasteiger partial charge in [-0.1, -0.05) is 0 Å². The van der Waals surface area contributed by atoms with Crippen LogP contribution in [0.3, 0.4) is 0 Å². The molecule has 0 aromatic heterocycles. The summed E-state index contributed by atoms with van der Waals surface area (Å²) >= 11 is 0. The van der Waals surface area contributed by atoms with E-state index in [1.807, 2.05) is 6.92 Å². The minimum absolute atomic E-state index is 0.290. The van der Waals surface area contributed by atoms with Crippen molar-refractivity contribution >= 4 is 5.97 Å². The van der Waals surface area contributed by atoms with Gasteiger partial charge in [0.05, 0.1) is 14.2 Å². The summed E-state index contributed by atoms with van der Waals surface area (Å²) in [7, 11) is 3.11. The smallest absolute Gasteiger partial charge is 0.325 e. The first kappa shape index (κ1) is 13.7. The Bertz CT molecular complexity index is 483. The number of rotatable bonds is 6. The number of hydrogen-bond acceptors (Lipinski definition) is 4. The van der Waals surface area contributed by atoms with Crippen LogP contribution in [0.4, 0.5) is 0 Å². The molecule has 1 aliphatic rings. The van der Waals surface area contributed by atoms with Crippen molar-refractivity contribution in [3.8, 4) is 11.5 Å². The number of nitrogens with one attached hydrogen (secondary N) is 1. The Morgan fingerprint density at radius 2 is 1.95 bits per heavy atom. The predicted octanol–water partition coefficient (Wildman–Crippen LogP) is 1.89. The lowest BCUT2D eigenvalue weighted by Gasteiger charge is -2.19. The summed E-state index contributed by atoms with van der Waals surface area (Å²) in [5.41, 5.74) is 1.52. The number of carboxylic acids is 1. The second kappa shape index (κ2) is 5.48. The Morgan fingerprint density at radius 1 is 1.32 bits per heavy atom. The number of carboxylic acid groups (broad SMARTS) is 1. The fraction of sp³-hybridized carbons (Fsp3) is 0.500. The highest BCUT2D eigenvalue weighted by Crippen LogP contribution is 2.34. The molecule has 1 aliphatic carbocycles. The monoisotopic (exact) mass is 265 g/mol. The maximum atomic E-state index is 11.5. The summed E-state index contributed by atoms with van der Waals surface area (Å²) in [5, 5.41) is 12.5. The van der Waals surface area contributed by atoms with Crippen LogP contribution >= 0.6 is 0 Å². The molecule has 19 heavy (non-hydrogen) atoms. The maximum absolute atomic E-state index is 11.5. The molecule has 1 fully saturated rings. The molecule has 0 bridgehead atoms. The number of benzene rings is 1. The van der Waals surface area contributed by atoms with Crippen molar-refractivity contribution in [1.82, 2.24) is 5.32 Å². The second-order valence-corrected chi connectivity index (χ2v) is 4.78. The fourth-order valence-corrected chi connectivity index (χ4v) is 2.08. The maximum Gasteiger partial charge on any atom is 0.325 e. The van der Waals surface area contributed by atoms with Gasteiger partial charge in [0.15, 0.2) is 0 Å². The number of carbonyl (C=O) groups is 1. The largest absolute Gasteiger partial charge is 0.496 e. The Balaban J connectivity index is 2.40. The Hall–Kier alpha value is -1.75. The van der Waals surface area contributed by atoms with Gasteiger partial charge in [0.1, 0.15) is 17.5 Å². The van der Waals surface area contributed by atoms with Gasteiger partial charge in [0.2, 0.25) is 0 Å². The molecule has 2 N–H and O–H groups in total. The Morgan fingerprint density at radius 3 is 2.42 bits per heavy atom. The van der Waals surface area contributed by atoms with E-state index in [-0.39, 0.29) is 6.04 Å². The SMILES string of the molecule is COc1cc(C(NC2CC2)C(=O)O)c(OC)cc1C. The van der Waals surface area contributed by atoms with Crippen LogP contribution in [0.2, 0.25) is 0 Å². The van der Waals surface area contributed by atoms with Crippen LogP contribution in [0.15, 0.2) is 12.1 Å². The molecule has 104 valence electrons. The van der Waals surface area contributed by atoms with Crippen LogP contribution in [-0.4, -0.2) is 31.3 Å². The van der Waals surface area contributed by atoms with E-state index >= 15 is 0 Å². The molecular formula is C14H19NO4. The third-order valence-corrected chi connectivity index (χ3v) is 3.28. The molecule has 0 amide bonds. The summed E-state index contributed by atoms with van der Waals surface area (Å²) in [6.45, 7) is 1.90. The summed E-state index contributed by atoms with van der Waals surface area (Å²) in [6, 6.07) is 3.07. The molecule has 1 saturated carbocycles. The molecule has 1 unspecified atom stereocenters. The van der Waals surface area contributed by atoms with Crippen molar-refractivity contribution in [2.24, 2.45) is 0 Å². The lowest BCUT2D eigenvalue weighted by Crippen LogP contribution is -2.30. The number of hydrogen-bond donors (Lipinski definition) is 2. The van der Waals surface area contributed by atoms with Gasteiger partial charge in [-0.15, -0.1) is 0 Å². The van der Waals surface area contributed by atoms with E-state index in [1.54, 1.807) is 26.4 Å². The Labute approximate surface area is 112 Å². The van der Waals surface area contributed by atoms with Gasteiger partial charge in [0.25, 0.3) is 0 Å². The highest BCUT2D eigenvalue weighted by atomic mass is 16.5. The van der Waals surface area contributed by atoms with Crippen LogP contribution in [0.1, 0.15) is 30.0 Å². The van der Waals surface area contributed by atoms with Crippen LogP contribution < -0.4 is 14.8 Å². The van der Waals surface area contributed by atoms with Gasteiger partial charge in [-0.3, -0.25) is 10.1 Å². The molecule has 0 heterocycles. The van der Waals surface area contributed by atoms with E-state index < -0.39 is 12.0 Å². The highest BCUT2D eigenvalue weighted by molar-refractivity contribution is 5.77. The number of ether oxygens (including phenoxy) is 2. The van der Waals surface area contributed by atoms with Gasteiger partial charge in [-0.2, -0.15) is 0 Å². The van der Waals surface area contributed by atoms with Crippen molar-refractivity contribution in [3.63, 3.8) is 0 Å². The minimum Gasteiger partial charge on any atom is -0.496 e. The lowest BCUT2D eigenvalue weighted by molar-refractivity contribution is -0.139. The number of aryl methyl sites for hydroxylation is 1. The summed E-state index contributed by atoms with van der Waals surface area (Å²) in [5.74, 6) is 0.328. The molecule has 5 nitrogen and oxygen atoms in total. The zero-order chi connectivity index (χ0) is 14.0. The van der Waals surface area contributed by atoms with Crippen molar-refractivity contribution in [1.29, 1.82) is 0 Å². The van der Waals surface area contributed by atoms with E-state index in [2.05, 4.69) is 5.32 Å². The summed E-state index contributed by atoms with van der Waals surface area (Å²) in [4.78, 5) is 11.5. The molecule has 0 radical (unpaired) electrons. The summed E-state index contributed by atoms with van der Waals surface area (Å²) in [6.07, 6.45) is 2.05. The van der Waals surface area contributed by atoms with Gasteiger partial charge in [-0.05, 0) is 37.5 Å². The number of methoxy groups -OCH3 is 2. The van der Waals surface area contributed by atoms with E-state index in [4.69, 9.17) is 9.47 Å². The molecule has 5 heteroatoms. The molecule has 1 aromatic rings. The molecular weight excluding hydrogens is 246 g/mol. The molecule has 0 saturated heterocycles. The van der Waals surface area contributed by atoms with Crippen molar-refractivity contribution in [2.45, 2.75) is 31.8 Å². The number of aliphatic carboxylic acids is 1. The molecule has 0 spiro atoms. The fourth-order valence-electron chi connectivity index (χ4n) is 2.08. The van der Waals surface area contributed by atoms with Gasteiger partial charge >= 0.3 is 5.97 Å². The molecule has 2 rings (SSSR count). The van der Waals surface area contributed by atoms with Crippen LogP contribution in [-0.2, 0) is 4.79 Å². The third-order valence-electron chi connectivity index (χ3n) is 3.28. The van der Waals surface area contributed by atoms with Crippen molar-refractivity contribution < 1.29 is 19.4 Å². The first-order chi connectivity index (χ1) is 9.06. The molecule has 0 aliphatic heterocycles. The third kappa shape index (κ3) is 2.98. The van der Waals surface area contributed by atoms with Gasteiger partial charge in [-0.25, -0.2) is 0 Å². The first-order valence-corrected chi connectivity index (χ1v) is 6.28. The highest BCUT2D eigenvalue weighted by Gasteiger charge is 2.31. The zero-order valence-electron chi connectivity index (χ0n) is 11.4. The van der Waals surface area contributed by atoms with Crippen LogP contribution in [0.5, 0.6) is 11.5 Å². The van der Waals surface area contributed by atoms with Crippen LogP contribution in [0.25, 0.3) is 0 Å². The average molecular weight is 265 g/mol. The van der Waals surface area contributed by atoms with E-state index in [1.165, 1.54) is 0 Å². The van der Waals surface area contributed by atoms with E-state index in [0.29, 0.717) is 17.1 Å². The van der Waals surface area contributed by atoms with Crippen molar-refractivity contribution in [3.05, 3.63) is 23.3 Å².